The summed E-state index contributed by atoms with van der Waals surface area (Å²) in [4.78, 5) is 0. The molecule has 1 N–H and O–H groups in total. The molecule has 1 aromatic rings. The van der Waals surface area contributed by atoms with Gasteiger partial charge in [0.1, 0.15) is 0 Å². The molecule has 120 valence electrons. The van der Waals surface area contributed by atoms with E-state index in [1.807, 2.05) is 13.8 Å². The highest BCUT2D eigenvalue weighted by Gasteiger charge is 2.28. The van der Waals surface area contributed by atoms with Crippen molar-refractivity contribution in [2.75, 3.05) is 19.5 Å². The van der Waals surface area contributed by atoms with Gasteiger partial charge in [-0.05, 0) is 38.5 Å². The Morgan fingerprint density at radius 1 is 1.19 bits per heavy atom. The Morgan fingerprint density at radius 3 is 2.10 bits per heavy atom. The largest absolute Gasteiger partial charge is 0.490 e. The molecule has 0 aliphatic rings. The molecule has 1 rings (SSSR count). The summed E-state index contributed by atoms with van der Waals surface area (Å²) in [6.45, 7) is 6.10. The van der Waals surface area contributed by atoms with E-state index >= 15 is 0 Å². The number of aliphatic hydroxyl groups is 1. The summed E-state index contributed by atoms with van der Waals surface area (Å²) in [5.74, 6) is 1.03. The van der Waals surface area contributed by atoms with E-state index in [0.29, 0.717) is 34.7 Å². The number of halogens is 1. The topological polar surface area (TPSA) is 72.8 Å². The number of ether oxygens (including phenoxy) is 2. The molecule has 0 spiro atoms. The Morgan fingerprint density at radius 2 is 1.67 bits per heavy atom. The normalized spacial score (nSPS) is 14.6. The van der Waals surface area contributed by atoms with Gasteiger partial charge < -0.3 is 14.6 Å². The fourth-order valence-corrected chi connectivity index (χ4v) is 2.97. The highest BCUT2D eigenvalue weighted by atomic mass is 79.9. The minimum absolute atomic E-state index is 0.443. The molecule has 21 heavy (non-hydrogen) atoms. The van der Waals surface area contributed by atoms with Crippen LogP contribution in [0.5, 0.6) is 11.5 Å². The fraction of sp³-hybridized carbons (Fsp3) is 0.571. The Labute approximate surface area is 134 Å². The number of hydrogen-bond donors (Lipinski definition) is 1. The summed E-state index contributed by atoms with van der Waals surface area (Å²) in [7, 11) is -3.36. The Hall–Kier alpha value is -0.790. The van der Waals surface area contributed by atoms with Crippen LogP contribution in [0.4, 0.5) is 0 Å². The summed E-state index contributed by atoms with van der Waals surface area (Å²) < 4.78 is 34.8. The highest BCUT2D eigenvalue weighted by Crippen LogP contribution is 2.38. The fourth-order valence-electron chi connectivity index (χ4n) is 1.80. The van der Waals surface area contributed by atoms with Gasteiger partial charge in [-0.2, -0.15) is 0 Å². The van der Waals surface area contributed by atoms with Crippen LogP contribution in [0.3, 0.4) is 0 Å². The van der Waals surface area contributed by atoms with E-state index in [2.05, 4.69) is 15.9 Å². The lowest BCUT2D eigenvalue weighted by molar-refractivity contribution is 0.174. The van der Waals surface area contributed by atoms with Crippen LogP contribution in [-0.4, -0.2) is 38.2 Å². The van der Waals surface area contributed by atoms with Crippen LogP contribution in [-0.2, 0) is 9.84 Å². The molecule has 2 atom stereocenters. The number of sulfone groups is 1. The highest BCUT2D eigenvalue weighted by molar-refractivity contribution is 9.10. The quantitative estimate of drug-likeness (QED) is 0.786. The first kappa shape index (κ1) is 18.3. The summed E-state index contributed by atoms with van der Waals surface area (Å²) >= 11 is 3.35. The van der Waals surface area contributed by atoms with Gasteiger partial charge >= 0.3 is 0 Å². The molecule has 0 fully saturated rings. The molecule has 5 nitrogen and oxygen atoms in total. The lowest BCUT2D eigenvalue weighted by atomic mass is 10.1. The minimum Gasteiger partial charge on any atom is -0.490 e. The van der Waals surface area contributed by atoms with Crippen molar-refractivity contribution >= 4 is 25.8 Å². The molecule has 0 aromatic heterocycles. The van der Waals surface area contributed by atoms with Crippen LogP contribution in [0.2, 0.25) is 0 Å². The molecule has 0 saturated heterocycles. The molecular weight excluding hydrogens is 360 g/mol. The first-order valence-electron chi connectivity index (χ1n) is 6.68. The lowest BCUT2D eigenvalue weighted by Gasteiger charge is -2.21. The second-order valence-electron chi connectivity index (χ2n) is 4.67. The van der Waals surface area contributed by atoms with Gasteiger partial charge in [-0.25, -0.2) is 8.42 Å². The molecule has 0 amide bonds. The van der Waals surface area contributed by atoms with Gasteiger partial charge in [-0.15, -0.1) is 0 Å². The first-order valence-corrected chi connectivity index (χ1v) is 9.43. The van der Waals surface area contributed by atoms with Gasteiger partial charge in [0, 0.05) is 10.7 Å². The van der Waals surface area contributed by atoms with Crippen molar-refractivity contribution in [3.63, 3.8) is 0 Å². The molecule has 0 radical (unpaired) electrons. The van der Waals surface area contributed by atoms with Gasteiger partial charge in [-0.3, -0.25) is 0 Å². The van der Waals surface area contributed by atoms with E-state index in [4.69, 9.17) is 9.47 Å². The van der Waals surface area contributed by atoms with E-state index in [1.54, 1.807) is 12.1 Å². The molecule has 0 aliphatic heterocycles. The van der Waals surface area contributed by atoms with Crippen LogP contribution in [0.25, 0.3) is 0 Å². The molecular formula is C14H21BrO5S. The van der Waals surface area contributed by atoms with Crippen LogP contribution in [0.1, 0.15) is 32.4 Å². The maximum atomic E-state index is 11.6. The zero-order chi connectivity index (χ0) is 16.2. The van der Waals surface area contributed by atoms with E-state index in [9.17, 15) is 13.5 Å². The monoisotopic (exact) mass is 380 g/mol. The van der Waals surface area contributed by atoms with Crippen LogP contribution in [0, 0.1) is 0 Å². The molecule has 1 aromatic carbocycles. The molecule has 0 bridgehead atoms. The van der Waals surface area contributed by atoms with Gasteiger partial charge in [0.15, 0.2) is 21.3 Å². The average Bonchev–Trinajstić information content (AvgIpc) is 2.39. The Balaban J connectivity index is 3.27. The number of benzene rings is 1. The van der Waals surface area contributed by atoms with Gasteiger partial charge in [0.25, 0.3) is 0 Å². The summed E-state index contributed by atoms with van der Waals surface area (Å²) in [6, 6.07) is 3.30. The van der Waals surface area contributed by atoms with Crippen molar-refractivity contribution < 1.29 is 23.0 Å². The van der Waals surface area contributed by atoms with Crippen LogP contribution >= 0.6 is 15.9 Å². The van der Waals surface area contributed by atoms with Crippen LogP contribution in [0.15, 0.2) is 16.6 Å². The third kappa shape index (κ3) is 4.59. The third-order valence-corrected chi connectivity index (χ3v) is 5.40. The number of rotatable bonds is 7. The van der Waals surface area contributed by atoms with E-state index in [1.165, 1.54) is 6.92 Å². The zero-order valence-corrected chi connectivity index (χ0v) is 15.0. The predicted octanol–water partition coefficient (Wildman–Crippen LogP) is 2.71. The minimum atomic E-state index is -3.36. The van der Waals surface area contributed by atoms with E-state index < -0.39 is 21.2 Å². The molecule has 0 saturated carbocycles. The number of aliphatic hydroxyl groups excluding tert-OH is 1. The molecule has 7 heteroatoms. The standard InChI is InChI=1S/C14H21BrO5S/c1-5-19-12-7-10(11(15)8-13(12)20-6-2)14(16)9(3)21(4,17)18/h7-9,14,16H,5-6H2,1-4H3. The van der Waals surface area contributed by atoms with Crippen molar-refractivity contribution in [1.82, 2.24) is 0 Å². The first-order chi connectivity index (χ1) is 9.72. The molecule has 0 aliphatic carbocycles. The van der Waals surface area contributed by atoms with Crippen molar-refractivity contribution in [2.45, 2.75) is 32.1 Å². The molecule has 0 heterocycles. The average molecular weight is 381 g/mol. The maximum absolute atomic E-state index is 11.6. The molecule has 2 unspecified atom stereocenters. The predicted molar refractivity (Wildman–Crippen MR) is 85.7 cm³/mol. The zero-order valence-electron chi connectivity index (χ0n) is 12.6. The second kappa shape index (κ2) is 7.47. The second-order valence-corrected chi connectivity index (χ2v) is 7.92. The summed E-state index contributed by atoms with van der Waals surface area (Å²) in [5, 5.41) is 9.40. The van der Waals surface area contributed by atoms with Crippen molar-refractivity contribution in [1.29, 1.82) is 0 Å². The third-order valence-electron chi connectivity index (χ3n) is 3.10. The summed E-state index contributed by atoms with van der Waals surface area (Å²) in [6.07, 6.45) is -0.0449. The summed E-state index contributed by atoms with van der Waals surface area (Å²) in [5.41, 5.74) is 0.458. The van der Waals surface area contributed by atoms with Gasteiger partial charge in [-0.1, -0.05) is 15.9 Å². The Kier molecular flexibility index (Phi) is 6.49. The SMILES string of the molecule is CCOc1cc(Br)c(C(O)C(C)S(C)(=O)=O)cc1OCC. The van der Waals surface area contributed by atoms with E-state index in [-0.39, 0.29) is 0 Å². The van der Waals surface area contributed by atoms with Gasteiger partial charge in [0.05, 0.1) is 24.6 Å². The van der Waals surface area contributed by atoms with E-state index in [0.717, 1.165) is 6.26 Å². The Bertz CT molecular complexity index is 585. The van der Waals surface area contributed by atoms with Crippen molar-refractivity contribution in [3.8, 4) is 11.5 Å². The van der Waals surface area contributed by atoms with Crippen molar-refractivity contribution in [3.05, 3.63) is 22.2 Å². The van der Waals surface area contributed by atoms with Gasteiger partial charge in [0.2, 0.25) is 0 Å². The maximum Gasteiger partial charge on any atom is 0.162 e. The van der Waals surface area contributed by atoms with Crippen LogP contribution < -0.4 is 9.47 Å². The van der Waals surface area contributed by atoms with Crippen molar-refractivity contribution in [2.24, 2.45) is 0 Å². The smallest absolute Gasteiger partial charge is 0.162 e. The number of hydrogen-bond acceptors (Lipinski definition) is 5. The lowest BCUT2D eigenvalue weighted by Crippen LogP contribution is -2.24.